The molecule has 4 rings (SSSR count). The van der Waals surface area contributed by atoms with E-state index in [2.05, 4.69) is 36.2 Å². The van der Waals surface area contributed by atoms with Crippen LogP contribution in [0.25, 0.3) is 11.3 Å². The van der Waals surface area contributed by atoms with E-state index in [1.807, 2.05) is 47.4 Å². The molecule has 2 aromatic heterocycles. The highest BCUT2D eigenvalue weighted by Crippen LogP contribution is 2.26. The molecule has 0 radical (unpaired) electrons. The van der Waals surface area contributed by atoms with Crippen LogP contribution in [0.15, 0.2) is 65.5 Å². The van der Waals surface area contributed by atoms with Crippen molar-refractivity contribution >= 4 is 27.8 Å². The molecule has 0 spiro atoms. The summed E-state index contributed by atoms with van der Waals surface area (Å²) < 4.78 is 0.835. The van der Waals surface area contributed by atoms with Crippen LogP contribution in [0.2, 0.25) is 0 Å². The number of aromatic nitrogens is 3. The number of carbonyl (C=O) groups excluding carboxylic acids is 1. The zero-order valence-electron chi connectivity index (χ0n) is 15.3. The number of halogens is 1. The lowest BCUT2D eigenvalue weighted by molar-refractivity contribution is 0.0744. The molecule has 6 nitrogen and oxygen atoms in total. The number of benzene rings is 1. The highest BCUT2D eigenvalue weighted by molar-refractivity contribution is 9.10. The SMILES string of the molecule is O=C(c1ccccc1-c1ccccn1)N1CCC[C@H]1CNc1ncc(Br)cn1. The molecule has 1 aliphatic heterocycles. The number of nitrogens with zero attached hydrogens (tertiary/aromatic N) is 4. The number of nitrogens with one attached hydrogen (secondary N) is 1. The maximum Gasteiger partial charge on any atom is 0.254 e. The van der Waals surface area contributed by atoms with Gasteiger partial charge in [0, 0.05) is 48.8 Å². The first-order chi connectivity index (χ1) is 13.7. The van der Waals surface area contributed by atoms with Gasteiger partial charge in [0.2, 0.25) is 5.95 Å². The standard InChI is InChI=1S/C21H20BrN5O/c22-15-12-24-21(25-13-15)26-14-16-6-5-11-27(16)20(28)18-8-2-1-7-17(18)19-9-3-4-10-23-19/h1-4,7-10,12-13,16H,5-6,11,14H2,(H,24,25,26)/t16-/m0/s1. The summed E-state index contributed by atoms with van der Waals surface area (Å²) in [6.45, 7) is 1.38. The van der Waals surface area contributed by atoms with Crippen LogP contribution in [0.4, 0.5) is 5.95 Å². The van der Waals surface area contributed by atoms with Gasteiger partial charge in [-0.3, -0.25) is 9.78 Å². The number of hydrogen-bond acceptors (Lipinski definition) is 5. The third kappa shape index (κ3) is 4.04. The number of rotatable bonds is 5. The summed E-state index contributed by atoms with van der Waals surface area (Å²) in [7, 11) is 0. The molecule has 3 heterocycles. The second kappa shape index (κ2) is 8.48. The maximum absolute atomic E-state index is 13.3. The first-order valence-electron chi connectivity index (χ1n) is 9.25. The van der Waals surface area contributed by atoms with Crippen molar-refractivity contribution in [2.24, 2.45) is 0 Å². The Bertz CT molecular complexity index is 949. The van der Waals surface area contributed by atoms with Gasteiger partial charge in [-0.1, -0.05) is 24.3 Å². The van der Waals surface area contributed by atoms with Crippen LogP contribution in [0.1, 0.15) is 23.2 Å². The summed E-state index contributed by atoms with van der Waals surface area (Å²) in [5.74, 6) is 0.610. The minimum Gasteiger partial charge on any atom is -0.352 e. The Balaban J connectivity index is 1.52. The van der Waals surface area contributed by atoms with Crippen molar-refractivity contribution in [2.75, 3.05) is 18.4 Å². The van der Waals surface area contributed by atoms with E-state index >= 15 is 0 Å². The van der Waals surface area contributed by atoms with Gasteiger partial charge in [-0.25, -0.2) is 9.97 Å². The summed E-state index contributed by atoms with van der Waals surface area (Å²) in [4.78, 5) is 28.2. The van der Waals surface area contributed by atoms with Crippen molar-refractivity contribution < 1.29 is 4.79 Å². The van der Waals surface area contributed by atoms with Gasteiger partial charge >= 0.3 is 0 Å². The molecular weight excluding hydrogens is 418 g/mol. The minimum absolute atomic E-state index is 0.0438. The lowest BCUT2D eigenvalue weighted by Gasteiger charge is -2.26. The van der Waals surface area contributed by atoms with Crippen LogP contribution in [0.5, 0.6) is 0 Å². The zero-order chi connectivity index (χ0) is 19.3. The fraction of sp³-hybridized carbons (Fsp3) is 0.238. The number of likely N-dealkylation sites (tertiary alicyclic amines) is 1. The molecule has 3 aromatic rings. The normalized spacial score (nSPS) is 16.2. The highest BCUT2D eigenvalue weighted by Gasteiger charge is 2.30. The van der Waals surface area contributed by atoms with Gasteiger partial charge in [0.15, 0.2) is 0 Å². The Morgan fingerprint density at radius 1 is 1.11 bits per heavy atom. The van der Waals surface area contributed by atoms with Crippen molar-refractivity contribution in [3.05, 3.63) is 71.1 Å². The van der Waals surface area contributed by atoms with Crippen molar-refractivity contribution in [3.8, 4) is 11.3 Å². The molecule has 0 saturated carbocycles. The number of amides is 1. The summed E-state index contributed by atoms with van der Waals surface area (Å²) in [5, 5.41) is 3.25. The number of pyridine rings is 1. The Labute approximate surface area is 172 Å². The number of anilines is 1. The van der Waals surface area contributed by atoms with E-state index in [-0.39, 0.29) is 11.9 Å². The van der Waals surface area contributed by atoms with Crippen LogP contribution >= 0.6 is 15.9 Å². The lowest BCUT2D eigenvalue weighted by atomic mass is 10.0. The topological polar surface area (TPSA) is 71.0 Å². The molecule has 142 valence electrons. The molecule has 7 heteroatoms. The predicted molar refractivity (Wildman–Crippen MR) is 112 cm³/mol. The average Bonchev–Trinajstić information content (AvgIpc) is 3.22. The Morgan fingerprint density at radius 3 is 2.68 bits per heavy atom. The van der Waals surface area contributed by atoms with Crippen LogP contribution in [-0.2, 0) is 0 Å². The molecule has 0 aliphatic carbocycles. The fourth-order valence-electron chi connectivity index (χ4n) is 3.50. The van der Waals surface area contributed by atoms with Gasteiger partial charge in [0.05, 0.1) is 10.2 Å². The van der Waals surface area contributed by atoms with Gasteiger partial charge < -0.3 is 10.2 Å². The third-order valence-corrected chi connectivity index (χ3v) is 5.26. The van der Waals surface area contributed by atoms with Gasteiger partial charge in [0.25, 0.3) is 5.91 Å². The van der Waals surface area contributed by atoms with Crippen molar-refractivity contribution in [1.29, 1.82) is 0 Å². The van der Waals surface area contributed by atoms with Crippen LogP contribution in [0.3, 0.4) is 0 Å². The smallest absolute Gasteiger partial charge is 0.254 e. The summed E-state index contributed by atoms with van der Waals surface area (Å²) in [5.41, 5.74) is 2.36. The number of carbonyl (C=O) groups is 1. The lowest BCUT2D eigenvalue weighted by Crippen LogP contribution is -2.40. The first-order valence-corrected chi connectivity index (χ1v) is 10.0. The molecule has 1 saturated heterocycles. The molecule has 28 heavy (non-hydrogen) atoms. The Morgan fingerprint density at radius 2 is 1.89 bits per heavy atom. The van der Waals surface area contributed by atoms with Gasteiger partial charge in [-0.05, 0) is 47.0 Å². The summed E-state index contributed by atoms with van der Waals surface area (Å²) in [6.07, 6.45) is 7.11. The van der Waals surface area contributed by atoms with E-state index in [1.54, 1.807) is 18.6 Å². The highest BCUT2D eigenvalue weighted by atomic mass is 79.9. The van der Waals surface area contributed by atoms with Crippen molar-refractivity contribution in [2.45, 2.75) is 18.9 Å². The summed E-state index contributed by atoms with van der Waals surface area (Å²) in [6, 6.07) is 13.5. The van der Waals surface area contributed by atoms with Crippen LogP contribution in [-0.4, -0.2) is 44.9 Å². The molecule has 1 aromatic carbocycles. The fourth-order valence-corrected chi connectivity index (χ4v) is 3.70. The molecule has 1 fully saturated rings. The quantitative estimate of drug-likeness (QED) is 0.652. The van der Waals surface area contributed by atoms with Crippen molar-refractivity contribution in [1.82, 2.24) is 19.9 Å². The zero-order valence-corrected chi connectivity index (χ0v) is 16.8. The molecule has 0 bridgehead atoms. The largest absolute Gasteiger partial charge is 0.352 e. The molecular formula is C21H20BrN5O. The van der Waals surface area contributed by atoms with E-state index < -0.39 is 0 Å². The number of hydrogen-bond donors (Lipinski definition) is 1. The first kappa shape index (κ1) is 18.6. The second-order valence-corrected chi connectivity index (χ2v) is 7.58. The Kier molecular flexibility index (Phi) is 5.62. The van der Waals surface area contributed by atoms with E-state index in [1.165, 1.54) is 0 Å². The van der Waals surface area contributed by atoms with Crippen LogP contribution < -0.4 is 5.32 Å². The predicted octanol–water partition coefficient (Wildman–Crippen LogP) is 4.02. The average molecular weight is 438 g/mol. The molecule has 1 aliphatic rings. The van der Waals surface area contributed by atoms with Crippen molar-refractivity contribution in [3.63, 3.8) is 0 Å². The van der Waals surface area contributed by atoms with E-state index in [4.69, 9.17) is 0 Å². The monoisotopic (exact) mass is 437 g/mol. The molecule has 0 unspecified atom stereocenters. The van der Waals surface area contributed by atoms with E-state index in [0.717, 1.165) is 35.1 Å². The molecule has 1 atom stereocenters. The van der Waals surface area contributed by atoms with Gasteiger partial charge in [-0.15, -0.1) is 0 Å². The molecule has 1 amide bonds. The van der Waals surface area contributed by atoms with Gasteiger partial charge in [0.1, 0.15) is 0 Å². The molecule has 1 N–H and O–H groups in total. The third-order valence-electron chi connectivity index (χ3n) is 4.85. The minimum atomic E-state index is 0.0438. The van der Waals surface area contributed by atoms with Gasteiger partial charge in [-0.2, -0.15) is 0 Å². The van der Waals surface area contributed by atoms with E-state index in [0.29, 0.717) is 18.1 Å². The van der Waals surface area contributed by atoms with Crippen LogP contribution in [0, 0.1) is 0 Å². The second-order valence-electron chi connectivity index (χ2n) is 6.66. The summed E-state index contributed by atoms with van der Waals surface area (Å²) >= 11 is 3.33. The van der Waals surface area contributed by atoms with E-state index in [9.17, 15) is 4.79 Å². The maximum atomic E-state index is 13.3. The Hall–Kier alpha value is -2.80.